The van der Waals surface area contributed by atoms with Gasteiger partial charge in [-0.15, -0.1) is 0 Å². The van der Waals surface area contributed by atoms with E-state index in [1.54, 1.807) is 0 Å². The molecular weight excluding hydrogens is 334 g/mol. The Bertz CT molecular complexity index is 858. The van der Waals surface area contributed by atoms with Crippen molar-refractivity contribution in [3.8, 4) is 0 Å². The van der Waals surface area contributed by atoms with E-state index in [1.165, 1.54) is 22.5 Å². The summed E-state index contributed by atoms with van der Waals surface area (Å²) in [5.74, 6) is 0. The molecule has 0 saturated heterocycles. The summed E-state index contributed by atoms with van der Waals surface area (Å²) < 4.78 is 1.03. The molecule has 2 aromatic carbocycles. The monoisotopic (exact) mass is 347 g/mol. The molecule has 3 aromatic rings. The van der Waals surface area contributed by atoms with Crippen molar-refractivity contribution in [2.24, 2.45) is 0 Å². The second-order valence-electron chi connectivity index (χ2n) is 4.93. The summed E-state index contributed by atoms with van der Waals surface area (Å²) >= 11 is 13.0. The van der Waals surface area contributed by atoms with E-state index in [0.717, 1.165) is 21.0 Å². The van der Waals surface area contributed by atoms with Crippen molar-refractivity contribution in [2.45, 2.75) is 13.8 Å². The molecule has 1 aromatic heterocycles. The summed E-state index contributed by atoms with van der Waals surface area (Å²) in [5.41, 5.74) is 4.20. The third-order valence-electron chi connectivity index (χ3n) is 3.44. The van der Waals surface area contributed by atoms with Crippen molar-refractivity contribution in [1.29, 1.82) is 0 Å². The normalized spacial score (nSPS) is 10.7. The molecular formula is C16H14ClN3S2. The molecule has 0 bridgehead atoms. The minimum Gasteiger partial charge on any atom is -0.332 e. The van der Waals surface area contributed by atoms with E-state index in [4.69, 9.17) is 23.8 Å². The molecule has 0 unspecified atom stereocenters. The molecule has 0 saturated carbocycles. The number of halogens is 1. The topological polar surface area (TPSA) is 37.0 Å². The number of para-hydroxylation sites is 1. The lowest BCUT2D eigenvalue weighted by Gasteiger charge is -2.12. The van der Waals surface area contributed by atoms with Crippen LogP contribution >= 0.6 is 35.2 Å². The lowest BCUT2D eigenvalue weighted by atomic mass is 10.1. The van der Waals surface area contributed by atoms with E-state index in [1.807, 2.05) is 30.3 Å². The zero-order valence-electron chi connectivity index (χ0n) is 12.1. The van der Waals surface area contributed by atoms with Gasteiger partial charge in [-0.25, -0.2) is 4.98 Å². The molecule has 112 valence electrons. The number of rotatable bonds is 2. The summed E-state index contributed by atoms with van der Waals surface area (Å²) in [6.45, 7) is 4.14. The maximum atomic E-state index is 6.14. The first-order valence-corrected chi connectivity index (χ1v) is 8.34. The van der Waals surface area contributed by atoms with Crippen molar-refractivity contribution in [2.75, 3.05) is 10.6 Å². The highest BCUT2D eigenvalue weighted by atomic mass is 35.5. The largest absolute Gasteiger partial charge is 0.332 e. The molecule has 0 aliphatic rings. The Hall–Kier alpha value is -1.69. The first-order valence-electron chi connectivity index (χ1n) is 6.74. The summed E-state index contributed by atoms with van der Waals surface area (Å²) in [6.07, 6.45) is 0. The second kappa shape index (κ2) is 6.20. The van der Waals surface area contributed by atoms with Crippen molar-refractivity contribution >= 4 is 61.3 Å². The van der Waals surface area contributed by atoms with Crippen LogP contribution in [0.2, 0.25) is 5.02 Å². The number of benzene rings is 2. The highest BCUT2D eigenvalue weighted by Crippen LogP contribution is 2.30. The number of nitrogens with zero attached hydrogens (tertiary/aromatic N) is 1. The summed E-state index contributed by atoms with van der Waals surface area (Å²) in [5, 5.41) is 8.23. The zero-order chi connectivity index (χ0) is 15.7. The van der Waals surface area contributed by atoms with Gasteiger partial charge < -0.3 is 10.6 Å². The van der Waals surface area contributed by atoms with E-state index in [9.17, 15) is 0 Å². The van der Waals surface area contributed by atoms with Crippen LogP contribution in [0.25, 0.3) is 10.2 Å². The van der Waals surface area contributed by atoms with E-state index in [-0.39, 0.29) is 0 Å². The Morgan fingerprint density at radius 2 is 1.91 bits per heavy atom. The lowest BCUT2D eigenvalue weighted by molar-refractivity contribution is 1.34. The highest BCUT2D eigenvalue weighted by Gasteiger charge is 2.09. The van der Waals surface area contributed by atoms with Gasteiger partial charge in [-0.2, -0.15) is 0 Å². The predicted octanol–water partition coefficient (Wildman–Crippen LogP) is 5.38. The SMILES string of the molecule is Cc1cccc(NC(=S)Nc2nc3c(Cl)cccc3s2)c1C. The molecule has 1 heterocycles. The lowest BCUT2D eigenvalue weighted by Crippen LogP contribution is -2.19. The summed E-state index contributed by atoms with van der Waals surface area (Å²) in [4.78, 5) is 4.48. The number of thiocarbonyl (C=S) groups is 1. The number of hydrogen-bond donors (Lipinski definition) is 2. The third kappa shape index (κ3) is 3.06. The van der Waals surface area contributed by atoms with Gasteiger partial charge in [0.25, 0.3) is 0 Å². The predicted molar refractivity (Wildman–Crippen MR) is 100 cm³/mol. The van der Waals surface area contributed by atoms with E-state index in [2.05, 4.69) is 35.5 Å². The van der Waals surface area contributed by atoms with E-state index < -0.39 is 0 Å². The van der Waals surface area contributed by atoms with Gasteiger partial charge in [0.1, 0.15) is 5.52 Å². The Morgan fingerprint density at radius 3 is 2.68 bits per heavy atom. The fourth-order valence-electron chi connectivity index (χ4n) is 2.11. The number of hydrogen-bond acceptors (Lipinski definition) is 3. The molecule has 0 aliphatic carbocycles. The molecule has 0 radical (unpaired) electrons. The Kier molecular flexibility index (Phi) is 4.29. The number of nitrogens with one attached hydrogen (secondary N) is 2. The molecule has 3 rings (SSSR count). The van der Waals surface area contributed by atoms with Crippen LogP contribution in [0.5, 0.6) is 0 Å². The summed E-state index contributed by atoms with van der Waals surface area (Å²) in [7, 11) is 0. The van der Waals surface area contributed by atoms with Crippen LogP contribution < -0.4 is 10.6 Å². The molecule has 0 fully saturated rings. The smallest absolute Gasteiger partial charge is 0.190 e. The van der Waals surface area contributed by atoms with Crippen LogP contribution in [0.15, 0.2) is 36.4 Å². The van der Waals surface area contributed by atoms with Gasteiger partial charge in [0.05, 0.1) is 9.72 Å². The highest BCUT2D eigenvalue weighted by molar-refractivity contribution is 7.80. The Labute approximate surface area is 143 Å². The van der Waals surface area contributed by atoms with Crippen LogP contribution in [0, 0.1) is 13.8 Å². The Morgan fingerprint density at radius 1 is 1.14 bits per heavy atom. The fourth-order valence-corrected chi connectivity index (χ4v) is 3.55. The van der Waals surface area contributed by atoms with Gasteiger partial charge in [0.2, 0.25) is 0 Å². The van der Waals surface area contributed by atoms with Gasteiger partial charge in [-0.1, -0.05) is 41.1 Å². The standard InChI is InChI=1S/C16H14ClN3S2/c1-9-5-3-7-12(10(9)2)18-15(21)20-16-19-14-11(17)6-4-8-13(14)22-16/h3-8H,1-2H3,(H2,18,19,20,21). The number of anilines is 2. The quantitative estimate of drug-likeness (QED) is 0.610. The molecule has 3 nitrogen and oxygen atoms in total. The van der Waals surface area contributed by atoms with Gasteiger partial charge >= 0.3 is 0 Å². The first kappa shape index (κ1) is 15.2. The van der Waals surface area contributed by atoms with E-state index in [0.29, 0.717) is 10.1 Å². The molecule has 2 N–H and O–H groups in total. The molecule has 0 atom stereocenters. The van der Waals surface area contributed by atoms with Gasteiger partial charge in [0, 0.05) is 5.69 Å². The van der Waals surface area contributed by atoms with E-state index >= 15 is 0 Å². The van der Waals surface area contributed by atoms with Gasteiger partial charge in [-0.05, 0) is 55.4 Å². The number of aryl methyl sites for hydroxylation is 1. The minimum atomic E-state index is 0.517. The minimum absolute atomic E-state index is 0.517. The average molecular weight is 348 g/mol. The van der Waals surface area contributed by atoms with Crippen molar-refractivity contribution in [3.05, 3.63) is 52.5 Å². The van der Waals surface area contributed by atoms with Crippen LogP contribution in [0.1, 0.15) is 11.1 Å². The maximum Gasteiger partial charge on any atom is 0.190 e. The Balaban J connectivity index is 1.78. The van der Waals surface area contributed by atoms with Crippen LogP contribution in [-0.4, -0.2) is 10.1 Å². The van der Waals surface area contributed by atoms with Crippen molar-refractivity contribution in [3.63, 3.8) is 0 Å². The zero-order valence-corrected chi connectivity index (χ0v) is 14.5. The molecule has 6 heteroatoms. The third-order valence-corrected chi connectivity index (χ3v) is 4.89. The van der Waals surface area contributed by atoms with Gasteiger partial charge in [-0.3, -0.25) is 0 Å². The van der Waals surface area contributed by atoms with Crippen LogP contribution in [0.4, 0.5) is 10.8 Å². The molecule has 0 aliphatic heterocycles. The average Bonchev–Trinajstić information content (AvgIpc) is 2.88. The van der Waals surface area contributed by atoms with Gasteiger partial charge in [0.15, 0.2) is 10.2 Å². The van der Waals surface area contributed by atoms with Crippen molar-refractivity contribution < 1.29 is 0 Å². The maximum absolute atomic E-state index is 6.14. The fraction of sp³-hybridized carbons (Fsp3) is 0.125. The second-order valence-corrected chi connectivity index (χ2v) is 6.78. The number of thiazole rings is 1. The number of aromatic nitrogens is 1. The van der Waals surface area contributed by atoms with Crippen LogP contribution in [0.3, 0.4) is 0 Å². The molecule has 22 heavy (non-hydrogen) atoms. The molecule has 0 spiro atoms. The first-order chi connectivity index (χ1) is 10.5. The van der Waals surface area contributed by atoms with Crippen molar-refractivity contribution in [1.82, 2.24) is 4.98 Å². The molecule has 0 amide bonds. The van der Waals surface area contributed by atoms with Crippen LogP contribution in [-0.2, 0) is 0 Å². The summed E-state index contributed by atoms with van der Waals surface area (Å²) in [6, 6.07) is 11.8. The number of fused-ring (bicyclic) bond motifs is 1.